The van der Waals surface area contributed by atoms with Crippen molar-refractivity contribution in [3.05, 3.63) is 73.8 Å². The molecule has 1 aliphatic rings. The summed E-state index contributed by atoms with van der Waals surface area (Å²) in [5.41, 5.74) is 6.35. The van der Waals surface area contributed by atoms with Gasteiger partial charge in [-0.05, 0) is 42.2 Å². The molecule has 2 aromatic heterocycles. The maximum atomic E-state index is 12.2. The topological polar surface area (TPSA) is 35.1 Å². The van der Waals surface area contributed by atoms with Crippen molar-refractivity contribution in [3.8, 4) is 5.69 Å². The summed E-state index contributed by atoms with van der Waals surface area (Å²) in [6.45, 7) is 8.80. The van der Waals surface area contributed by atoms with Crippen LogP contribution >= 0.6 is 15.9 Å². The van der Waals surface area contributed by atoms with Crippen LogP contribution in [0.3, 0.4) is 0 Å². The Morgan fingerprint density at radius 2 is 1.89 bits per heavy atom. The van der Waals surface area contributed by atoms with E-state index in [1.807, 2.05) is 6.07 Å². The third-order valence-electron chi connectivity index (χ3n) is 5.78. The van der Waals surface area contributed by atoms with Crippen molar-refractivity contribution in [2.45, 2.75) is 39.5 Å². The average Bonchev–Trinajstić information content (AvgIpc) is 2.94. The maximum Gasteiger partial charge on any atom is 0.336 e. The fourth-order valence-electron chi connectivity index (χ4n) is 4.71. The second-order valence-electron chi connectivity index (χ2n) is 7.80. The minimum Gasteiger partial charge on any atom is -0.423 e. The number of aryl methyl sites for hydroxylation is 1. The molecule has 0 saturated carbocycles. The van der Waals surface area contributed by atoms with Gasteiger partial charge in [-0.15, -0.1) is 0 Å². The van der Waals surface area contributed by atoms with Gasteiger partial charge in [0.2, 0.25) is 0 Å². The fraction of sp³-hybridized carbons (Fsp3) is 0.261. The molecule has 1 aliphatic heterocycles. The molecular formula is C23H20BrNO2. The monoisotopic (exact) mass is 421 g/mol. The average molecular weight is 422 g/mol. The molecule has 1 atom stereocenters. The van der Waals surface area contributed by atoms with Crippen LogP contribution in [0.25, 0.3) is 27.4 Å². The Hall–Kier alpha value is -2.33. The minimum absolute atomic E-state index is 0.113. The van der Waals surface area contributed by atoms with E-state index in [1.54, 1.807) is 6.07 Å². The smallest absolute Gasteiger partial charge is 0.336 e. The molecule has 3 heterocycles. The van der Waals surface area contributed by atoms with Gasteiger partial charge in [0.1, 0.15) is 5.58 Å². The molecule has 3 nitrogen and oxygen atoms in total. The minimum atomic E-state index is -0.282. The lowest BCUT2D eigenvalue weighted by molar-refractivity contribution is 0.555. The summed E-state index contributed by atoms with van der Waals surface area (Å²) >= 11 is 3.64. The van der Waals surface area contributed by atoms with Crippen molar-refractivity contribution in [2.75, 3.05) is 0 Å². The summed E-state index contributed by atoms with van der Waals surface area (Å²) < 4.78 is 9.06. The third-order valence-corrected chi connectivity index (χ3v) is 6.27. The number of hydrogen-bond acceptors (Lipinski definition) is 2. The van der Waals surface area contributed by atoms with E-state index in [2.05, 4.69) is 72.5 Å². The van der Waals surface area contributed by atoms with Crippen LogP contribution in [0, 0.1) is 6.92 Å². The summed E-state index contributed by atoms with van der Waals surface area (Å²) in [5.74, 6) is 0.469. The first-order valence-electron chi connectivity index (χ1n) is 9.30. The molecule has 0 N–H and O–H groups in total. The van der Waals surface area contributed by atoms with Crippen LogP contribution in [-0.4, -0.2) is 4.57 Å². The van der Waals surface area contributed by atoms with Gasteiger partial charge in [0, 0.05) is 44.0 Å². The quantitative estimate of drug-likeness (QED) is 0.333. The molecule has 0 spiro atoms. The molecule has 4 heteroatoms. The van der Waals surface area contributed by atoms with Crippen LogP contribution in [0.4, 0.5) is 0 Å². The molecule has 27 heavy (non-hydrogen) atoms. The molecule has 0 bridgehead atoms. The highest BCUT2D eigenvalue weighted by Crippen LogP contribution is 2.47. The molecule has 0 aliphatic carbocycles. The summed E-state index contributed by atoms with van der Waals surface area (Å²) in [7, 11) is 0. The first kappa shape index (κ1) is 16.8. The van der Waals surface area contributed by atoms with E-state index in [-0.39, 0.29) is 11.5 Å². The lowest BCUT2D eigenvalue weighted by atomic mass is 9.88. The second-order valence-corrected chi connectivity index (χ2v) is 8.71. The molecule has 2 aromatic carbocycles. The van der Waals surface area contributed by atoms with E-state index in [0.29, 0.717) is 11.5 Å². The Morgan fingerprint density at radius 1 is 1.11 bits per heavy atom. The van der Waals surface area contributed by atoms with E-state index in [9.17, 15) is 4.79 Å². The molecular weight excluding hydrogens is 402 g/mol. The molecule has 0 amide bonds. The van der Waals surface area contributed by atoms with Gasteiger partial charge in [-0.1, -0.05) is 48.8 Å². The Bertz CT molecular complexity index is 1310. The predicted molar refractivity (Wildman–Crippen MR) is 113 cm³/mol. The number of fused-ring (bicyclic) bond motifs is 4. The zero-order valence-electron chi connectivity index (χ0n) is 15.8. The summed E-state index contributed by atoms with van der Waals surface area (Å²) in [4.78, 5) is 12.2. The number of benzene rings is 2. The Kier molecular flexibility index (Phi) is 3.48. The summed E-state index contributed by atoms with van der Waals surface area (Å²) in [5, 5.41) is 3.59. The van der Waals surface area contributed by atoms with Crippen molar-refractivity contribution >= 4 is 37.7 Å². The molecule has 0 radical (unpaired) electrons. The Balaban J connectivity index is 2.09. The number of aromatic nitrogens is 1. The van der Waals surface area contributed by atoms with Crippen molar-refractivity contribution in [1.29, 1.82) is 0 Å². The van der Waals surface area contributed by atoms with Crippen molar-refractivity contribution < 1.29 is 4.42 Å². The Labute approximate surface area is 165 Å². The zero-order valence-corrected chi connectivity index (χ0v) is 17.3. The second kappa shape index (κ2) is 5.59. The van der Waals surface area contributed by atoms with Crippen molar-refractivity contribution in [1.82, 2.24) is 4.57 Å². The van der Waals surface area contributed by atoms with Gasteiger partial charge in [-0.2, -0.15) is 0 Å². The van der Waals surface area contributed by atoms with Gasteiger partial charge in [0.15, 0.2) is 0 Å². The van der Waals surface area contributed by atoms with Gasteiger partial charge >= 0.3 is 5.63 Å². The van der Waals surface area contributed by atoms with Gasteiger partial charge in [0.25, 0.3) is 0 Å². The Morgan fingerprint density at radius 3 is 2.63 bits per heavy atom. The van der Waals surface area contributed by atoms with Crippen LogP contribution < -0.4 is 5.63 Å². The zero-order chi connectivity index (χ0) is 19.0. The largest absolute Gasteiger partial charge is 0.423 e. The molecule has 5 rings (SSSR count). The van der Waals surface area contributed by atoms with Gasteiger partial charge in [0.05, 0.1) is 5.69 Å². The first-order valence-corrected chi connectivity index (χ1v) is 10.1. The SMILES string of the molecule is Cc1ccc2oc(=O)cc3c2c1-n1c(C(C)C)c2cc(Br)ccc2c1C3C. The highest BCUT2D eigenvalue weighted by atomic mass is 79.9. The van der Waals surface area contributed by atoms with Crippen LogP contribution in [0.2, 0.25) is 0 Å². The van der Waals surface area contributed by atoms with Crippen LogP contribution in [-0.2, 0) is 0 Å². The van der Waals surface area contributed by atoms with E-state index < -0.39 is 0 Å². The fourth-order valence-corrected chi connectivity index (χ4v) is 5.08. The van der Waals surface area contributed by atoms with Gasteiger partial charge in [-0.3, -0.25) is 0 Å². The van der Waals surface area contributed by atoms with Crippen molar-refractivity contribution in [3.63, 3.8) is 0 Å². The number of hydrogen-bond donors (Lipinski definition) is 0. The highest BCUT2D eigenvalue weighted by molar-refractivity contribution is 9.10. The van der Waals surface area contributed by atoms with Crippen LogP contribution in [0.15, 0.2) is 50.1 Å². The predicted octanol–water partition coefficient (Wildman–Crippen LogP) is 6.40. The van der Waals surface area contributed by atoms with Crippen LogP contribution in [0.1, 0.15) is 55.1 Å². The van der Waals surface area contributed by atoms with E-state index in [4.69, 9.17) is 4.42 Å². The normalized spacial score (nSPS) is 15.7. The third kappa shape index (κ3) is 2.16. The molecule has 0 fully saturated rings. The number of halogens is 1. The molecule has 1 unspecified atom stereocenters. The number of nitrogens with zero attached hydrogens (tertiary/aromatic N) is 1. The first-order chi connectivity index (χ1) is 12.9. The van der Waals surface area contributed by atoms with Crippen molar-refractivity contribution in [2.24, 2.45) is 0 Å². The van der Waals surface area contributed by atoms with E-state index in [0.717, 1.165) is 21.1 Å². The maximum absolute atomic E-state index is 12.2. The summed E-state index contributed by atoms with van der Waals surface area (Å²) in [6, 6.07) is 12.2. The van der Waals surface area contributed by atoms with Gasteiger partial charge < -0.3 is 8.98 Å². The van der Waals surface area contributed by atoms with Gasteiger partial charge in [-0.25, -0.2) is 4.79 Å². The lowest BCUT2D eigenvalue weighted by Gasteiger charge is -2.28. The molecule has 4 aromatic rings. The molecule has 0 saturated heterocycles. The van der Waals surface area contributed by atoms with E-state index >= 15 is 0 Å². The summed E-state index contributed by atoms with van der Waals surface area (Å²) in [6.07, 6.45) is 0. The van der Waals surface area contributed by atoms with E-state index in [1.165, 1.54) is 27.7 Å². The number of rotatable bonds is 1. The standard InChI is InChI=1S/C23H20BrNO2/c1-11(2)21-17-9-14(24)6-7-15(17)23-13(4)16-10-19(26)27-18-8-5-12(3)22(20(16)18)25(21)23/h5-11,13H,1-4H3. The molecule has 136 valence electrons. The highest BCUT2D eigenvalue weighted by Gasteiger charge is 2.32. The van der Waals surface area contributed by atoms with Crippen LogP contribution in [0.5, 0.6) is 0 Å². The lowest BCUT2D eigenvalue weighted by Crippen LogP contribution is -2.18.